The molecule has 0 aliphatic carbocycles. The summed E-state index contributed by atoms with van der Waals surface area (Å²) < 4.78 is 32.6. The van der Waals surface area contributed by atoms with Crippen molar-refractivity contribution in [3.8, 4) is 5.75 Å². The lowest BCUT2D eigenvalue weighted by Crippen LogP contribution is -2.26. The van der Waals surface area contributed by atoms with E-state index in [0.717, 1.165) is 22.6 Å². The summed E-state index contributed by atoms with van der Waals surface area (Å²) in [6.45, 7) is 4.27. The third kappa shape index (κ3) is 4.16. The highest BCUT2D eigenvalue weighted by atomic mass is 35.5. The van der Waals surface area contributed by atoms with Gasteiger partial charge in [0.15, 0.2) is 8.68 Å². The van der Waals surface area contributed by atoms with Gasteiger partial charge in [0.05, 0.1) is 12.8 Å². The van der Waals surface area contributed by atoms with Crippen molar-refractivity contribution in [2.75, 3.05) is 6.61 Å². The number of benzene rings is 1. The molecule has 1 aromatic heterocycles. The fraction of sp³-hybridized carbons (Fsp3) is 0.308. The van der Waals surface area contributed by atoms with Gasteiger partial charge in [0.1, 0.15) is 5.75 Å². The Morgan fingerprint density at radius 1 is 1.38 bits per heavy atom. The van der Waals surface area contributed by atoms with Gasteiger partial charge in [-0.25, -0.2) is 18.1 Å². The van der Waals surface area contributed by atoms with E-state index in [1.165, 1.54) is 6.20 Å². The van der Waals surface area contributed by atoms with Crippen molar-refractivity contribution in [3.63, 3.8) is 0 Å². The zero-order valence-corrected chi connectivity index (χ0v) is 13.9. The van der Waals surface area contributed by atoms with Crippen LogP contribution in [0, 0.1) is 0 Å². The normalized spacial score (nSPS) is 13.1. The number of hydrogen-bond acceptors (Lipinski definition) is 5. The number of nitrogens with zero attached hydrogens (tertiary/aromatic N) is 1. The van der Waals surface area contributed by atoms with E-state index in [1.807, 2.05) is 31.2 Å². The van der Waals surface area contributed by atoms with Crippen molar-refractivity contribution in [2.45, 2.75) is 24.1 Å². The van der Waals surface area contributed by atoms with Crippen LogP contribution in [0.5, 0.6) is 5.75 Å². The quantitative estimate of drug-likeness (QED) is 0.871. The summed E-state index contributed by atoms with van der Waals surface area (Å²) in [5.41, 5.74) is 0.845. The first-order valence-corrected chi connectivity index (χ1v) is 8.96. The molecule has 1 N–H and O–H groups in total. The first-order valence-electron chi connectivity index (χ1n) is 6.29. The van der Waals surface area contributed by atoms with Gasteiger partial charge in [0.2, 0.25) is 0 Å². The molecule has 0 amide bonds. The standard InChI is InChI=1S/C13H15ClN2O3S2/c1-3-19-11-6-4-10(5-7-11)9(2)16-21(17,18)12-8-15-13(14)20-12/h4-9,16H,3H2,1-2H3. The molecule has 0 aliphatic heterocycles. The fourth-order valence-corrected chi connectivity index (χ4v) is 4.28. The molecule has 1 aromatic carbocycles. The first-order chi connectivity index (χ1) is 9.92. The Kier molecular flexibility index (Phi) is 5.21. The number of sulfonamides is 1. The average Bonchev–Trinajstić information content (AvgIpc) is 2.87. The predicted octanol–water partition coefficient (Wildman–Crippen LogP) is 3.23. The highest BCUT2D eigenvalue weighted by molar-refractivity contribution is 7.91. The van der Waals surface area contributed by atoms with Crippen LogP contribution >= 0.6 is 22.9 Å². The Balaban J connectivity index is 2.11. The first kappa shape index (κ1) is 16.2. The Morgan fingerprint density at radius 2 is 2.05 bits per heavy atom. The lowest BCUT2D eigenvalue weighted by Gasteiger charge is -2.14. The van der Waals surface area contributed by atoms with Gasteiger partial charge < -0.3 is 4.74 Å². The molecule has 1 atom stereocenters. The molecule has 0 radical (unpaired) electrons. The molecule has 114 valence electrons. The number of rotatable bonds is 6. The third-order valence-corrected chi connectivity index (χ3v) is 5.86. The van der Waals surface area contributed by atoms with Gasteiger partial charge in [0.25, 0.3) is 10.0 Å². The minimum atomic E-state index is -3.62. The Bertz CT molecular complexity index is 698. The number of thiazole rings is 1. The minimum Gasteiger partial charge on any atom is -0.494 e. The summed E-state index contributed by atoms with van der Waals surface area (Å²) in [4.78, 5) is 3.74. The molecule has 21 heavy (non-hydrogen) atoms. The number of ether oxygens (including phenoxy) is 1. The van der Waals surface area contributed by atoms with Gasteiger partial charge in [-0.2, -0.15) is 0 Å². The van der Waals surface area contributed by atoms with Gasteiger partial charge in [-0.05, 0) is 31.5 Å². The van der Waals surface area contributed by atoms with Crippen LogP contribution in [-0.4, -0.2) is 20.0 Å². The molecule has 1 heterocycles. The van der Waals surface area contributed by atoms with Gasteiger partial charge in [-0.1, -0.05) is 35.1 Å². The summed E-state index contributed by atoms with van der Waals surface area (Å²) in [6, 6.07) is 6.92. The Hall–Kier alpha value is -1.15. The van der Waals surface area contributed by atoms with Crippen molar-refractivity contribution in [2.24, 2.45) is 0 Å². The lowest BCUT2D eigenvalue weighted by molar-refractivity contribution is 0.340. The average molecular weight is 347 g/mol. The third-order valence-electron chi connectivity index (χ3n) is 2.74. The summed E-state index contributed by atoms with van der Waals surface area (Å²) in [7, 11) is -3.62. The van der Waals surface area contributed by atoms with E-state index < -0.39 is 10.0 Å². The Morgan fingerprint density at radius 3 is 2.57 bits per heavy atom. The highest BCUT2D eigenvalue weighted by Crippen LogP contribution is 2.25. The van der Waals surface area contributed by atoms with Crippen LogP contribution in [0.25, 0.3) is 0 Å². The van der Waals surface area contributed by atoms with Crippen LogP contribution in [0.2, 0.25) is 4.47 Å². The molecule has 1 unspecified atom stereocenters. The number of nitrogens with one attached hydrogen (secondary N) is 1. The Labute approximate surface area is 133 Å². The maximum absolute atomic E-state index is 12.2. The molecule has 5 nitrogen and oxygen atoms in total. The van der Waals surface area contributed by atoms with Crippen LogP contribution in [0.1, 0.15) is 25.5 Å². The van der Waals surface area contributed by atoms with Crippen LogP contribution < -0.4 is 9.46 Å². The molecule has 0 aliphatic rings. The number of aromatic nitrogens is 1. The second-order valence-corrected chi connectivity index (χ2v) is 7.83. The van der Waals surface area contributed by atoms with Gasteiger partial charge in [-0.3, -0.25) is 0 Å². The molecule has 0 bridgehead atoms. The summed E-state index contributed by atoms with van der Waals surface area (Å²) in [5.74, 6) is 0.755. The van der Waals surface area contributed by atoms with Crippen LogP contribution in [0.15, 0.2) is 34.7 Å². The molecule has 2 rings (SSSR count). The van der Waals surface area contributed by atoms with Gasteiger partial charge in [0, 0.05) is 6.04 Å². The van der Waals surface area contributed by atoms with Crippen molar-refractivity contribution in [1.82, 2.24) is 9.71 Å². The van der Waals surface area contributed by atoms with E-state index in [9.17, 15) is 8.42 Å². The molecular weight excluding hydrogens is 332 g/mol. The fourth-order valence-electron chi connectivity index (χ4n) is 1.74. The monoisotopic (exact) mass is 346 g/mol. The summed E-state index contributed by atoms with van der Waals surface area (Å²) in [5, 5.41) is 0. The highest BCUT2D eigenvalue weighted by Gasteiger charge is 2.21. The summed E-state index contributed by atoms with van der Waals surface area (Å²) in [6.07, 6.45) is 1.25. The minimum absolute atomic E-state index is 0.102. The smallest absolute Gasteiger partial charge is 0.252 e. The maximum Gasteiger partial charge on any atom is 0.252 e. The van der Waals surface area contributed by atoms with Crippen LogP contribution in [0.3, 0.4) is 0 Å². The van der Waals surface area contributed by atoms with Gasteiger partial charge in [-0.15, -0.1) is 0 Å². The van der Waals surface area contributed by atoms with Crippen molar-refractivity contribution >= 4 is 33.0 Å². The van der Waals surface area contributed by atoms with E-state index in [-0.39, 0.29) is 14.7 Å². The SMILES string of the molecule is CCOc1ccc(C(C)NS(=O)(=O)c2cnc(Cl)s2)cc1. The molecular formula is C13H15ClN2O3S2. The second kappa shape index (κ2) is 6.74. The van der Waals surface area contributed by atoms with E-state index in [2.05, 4.69) is 9.71 Å². The molecule has 0 saturated heterocycles. The molecule has 8 heteroatoms. The zero-order chi connectivity index (χ0) is 15.5. The number of halogens is 1. The molecule has 0 spiro atoms. The zero-order valence-electron chi connectivity index (χ0n) is 11.5. The molecule has 0 saturated carbocycles. The van der Waals surface area contributed by atoms with E-state index in [1.54, 1.807) is 6.92 Å². The van der Waals surface area contributed by atoms with Crippen LogP contribution in [-0.2, 0) is 10.0 Å². The van der Waals surface area contributed by atoms with Crippen molar-refractivity contribution in [1.29, 1.82) is 0 Å². The number of hydrogen-bond donors (Lipinski definition) is 1. The topological polar surface area (TPSA) is 68.3 Å². The van der Waals surface area contributed by atoms with Crippen molar-refractivity contribution < 1.29 is 13.2 Å². The van der Waals surface area contributed by atoms with E-state index in [0.29, 0.717) is 6.61 Å². The largest absolute Gasteiger partial charge is 0.494 e. The maximum atomic E-state index is 12.2. The second-order valence-electron chi connectivity index (χ2n) is 4.28. The summed E-state index contributed by atoms with van der Waals surface area (Å²) >= 11 is 6.59. The van der Waals surface area contributed by atoms with E-state index in [4.69, 9.17) is 16.3 Å². The lowest BCUT2D eigenvalue weighted by atomic mass is 10.1. The molecule has 0 fully saturated rings. The van der Waals surface area contributed by atoms with Gasteiger partial charge >= 0.3 is 0 Å². The predicted molar refractivity (Wildman–Crippen MR) is 83.5 cm³/mol. The van der Waals surface area contributed by atoms with E-state index >= 15 is 0 Å². The van der Waals surface area contributed by atoms with Crippen molar-refractivity contribution in [3.05, 3.63) is 40.5 Å². The van der Waals surface area contributed by atoms with Crippen LogP contribution in [0.4, 0.5) is 0 Å². The molecule has 2 aromatic rings.